The van der Waals surface area contributed by atoms with Crippen LogP contribution in [0.4, 0.5) is 0 Å². The Labute approximate surface area is 113 Å². The second-order valence-electron chi connectivity index (χ2n) is 6.12. The first kappa shape index (κ1) is 14.3. The number of nitrogens with one attached hydrogen (secondary N) is 1. The molecule has 1 atom stereocenters. The number of hydrogen-bond acceptors (Lipinski definition) is 3. The van der Waals surface area contributed by atoms with Gasteiger partial charge >= 0.3 is 0 Å². The lowest BCUT2D eigenvalue weighted by Crippen LogP contribution is -2.47. The summed E-state index contributed by atoms with van der Waals surface area (Å²) in [5.41, 5.74) is 0. The van der Waals surface area contributed by atoms with Crippen LogP contribution in [0.5, 0.6) is 0 Å². The molecule has 0 spiro atoms. The van der Waals surface area contributed by atoms with Crippen molar-refractivity contribution in [2.24, 2.45) is 0 Å². The highest BCUT2D eigenvalue weighted by Crippen LogP contribution is 2.13. The van der Waals surface area contributed by atoms with Crippen LogP contribution in [0.2, 0.25) is 0 Å². The van der Waals surface area contributed by atoms with E-state index >= 15 is 0 Å². The molecule has 0 saturated carbocycles. The van der Waals surface area contributed by atoms with Crippen LogP contribution in [0.1, 0.15) is 46.0 Å². The molecular formula is C15H31N3. The quantitative estimate of drug-likeness (QED) is 0.780. The van der Waals surface area contributed by atoms with E-state index in [-0.39, 0.29) is 0 Å². The molecule has 0 aliphatic carbocycles. The van der Waals surface area contributed by atoms with Crippen molar-refractivity contribution < 1.29 is 0 Å². The van der Waals surface area contributed by atoms with Crippen molar-refractivity contribution in [3.8, 4) is 0 Å². The topological polar surface area (TPSA) is 18.5 Å². The fourth-order valence-electron chi connectivity index (χ4n) is 3.33. The van der Waals surface area contributed by atoms with E-state index in [0.717, 1.165) is 12.1 Å². The Kier molecular flexibility index (Phi) is 5.93. The summed E-state index contributed by atoms with van der Waals surface area (Å²) < 4.78 is 0. The molecule has 0 aromatic rings. The van der Waals surface area contributed by atoms with E-state index in [2.05, 4.69) is 29.0 Å². The smallest absolute Gasteiger partial charge is 0.0192 e. The van der Waals surface area contributed by atoms with Gasteiger partial charge in [-0.2, -0.15) is 0 Å². The van der Waals surface area contributed by atoms with Gasteiger partial charge < -0.3 is 10.2 Å². The van der Waals surface area contributed by atoms with Crippen LogP contribution in [-0.4, -0.2) is 61.2 Å². The predicted octanol–water partition coefficient (Wildman–Crippen LogP) is 1.93. The maximum atomic E-state index is 3.79. The minimum atomic E-state index is 0.723. The molecule has 2 aliphatic rings. The van der Waals surface area contributed by atoms with Gasteiger partial charge in [0.15, 0.2) is 0 Å². The molecule has 2 aliphatic heterocycles. The lowest BCUT2D eigenvalue weighted by molar-refractivity contribution is 0.185. The normalized spacial score (nSPS) is 25.7. The molecule has 2 saturated heterocycles. The zero-order valence-electron chi connectivity index (χ0n) is 12.3. The lowest BCUT2D eigenvalue weighted by Gasteiger charge is -2.33. The van der Waals surface area contributed by atoms with E-state index in [9.17, 15) is 0 Å². The molecule has 0 radical (unpaired) electrons. The van der Waals surface area contributed by atoms with Crippen molar-refractivity contribution in [3.05, 3.63) is 0 Å². The maximum Gasteiger partial charge on any atom is 0.0192 e. The largest absolute Gasteiger partial charge is 0.312 e. The van der Waals surface area contributed by atoms with Crippen molar-refractivity contribution in [1.82, 2.24) is 15.1 Å². The first-order valence-corrected chi connectivity index (χ1v) is 7.99. The van der Waals surface area contributed by atoms with Gasteiger partial charge in [-0.1, -0.05) is 6.92 Å². The molecule has 0 bridgehead atoms. The van der Waals surface area contributed by atoms with Crippen LogP contribution in [0.15, 0.2) is 0 Å². The lowest BCUT2D eigenvalue weighted by atomic mass is 10.0. The van der Waals surface area contributed by atoms with E-state index in [4.69, 9.17) is 0 Å². The summed E-state index contributed by atoms with van der Waals surface area (Å²) in [6.07, 6.45) is 6.78. The SMILES string of the molecule is CCCN1CCC(NCC(C)N2CCCC2)CC1. The molecule has 0 aromatic carbocycles. The second-order valence-corrected chi connectivity index (χ2v) is 6.12. The molecule has 1 N–H and O–H groups in total. The molecule has 3 nitrogen and oxygen atoms in total. The molecule has 0 aromatic heterocycles. The Bertz CT molecular complexity index is 218. The molecule has 18 heavy (non-hydrogen) atoms. The van der Waals surface area contributed by atoms with Gasteiger partial charge in [0.25, 0.3) is 0 Å². The molecule has 2 rings (SSSR count). The second kappa shape index (κ2) is 7.46. The summed E-state index contributed by atoms with van der Waals surface area (Å²) in [7, 11) is 0. The Morgan fingerprint density at radius 3 is 2.39 bits per heavy atom. The van der Waals surface area contributed by atoms with Gasteiger partial charge in [0, 0.05) is 18.6 Å². The summed E-state index contributed by atoms with van der Waals surface area (Å²) in [6.45, 7) is 12.4. The highest BCUT2D eigenvalue weighted by molar-refractivity contribution is 4.80. The number of rotatable bonds is 6. The third kappa shape index (κ3) is 4.22. The first-order chi connectivity index (χ1) is 8.79. The summed E-state index contributed by atoms with van der Waals surface area (Å²) in [6, 6.07) is 1.49. The predicted molar refractivity (Wildman–Crippen MR) is 78.0 cm³/mol. The standard InChI is InChI=1S/C15H31N3/c1-3-8-17-11-6-15(7-12-17)16-13-14(2)18-9-4-5-10-18/h14-16H,3-13H2,1-2H3. The van der Waals surface area contributed by atoms with Crippen LogP contribution in [0, 0.1) is 0 Å². The van der Waals surface area contributed by atoms with E-state index < -0.39 is 0 Å². The van der Waals surface area contributed by atoms with Crippen LogP contribution in [-0.2, 0) is 0 Å². The third-order valence-corrected chi connectivity index (χ3v) is 4.59. The van der Waals surface area contributed by atoms with Crippen molar-refractivity contribution in [1.29, 1.82) is 0 Å². The minimum Gasteiger partial charge on any atom is -0.312 e. The summed E-state index contributed by atoms with van der Waals surface area (Å²) >= 11 is 0. The van der Waals surface area contributed by atoms with E-state index in [1.165, 1.54) is 71.4 Å². The maximum absolute atomic E-state index is 3.79. The molecular weight excluding hydrogens is 222 g/mol. The van der Waals surface area contributed by atoms with E-state index in [1.54, 1.807) is 0 Å². The molecule has 0 amide bonds. The molecule has 2 fully saturated rings. The fourth-order valence-corrected chi connectivity index (χ4v) is 3.33. The Balaban J connectivity index is 1.59. The van der Waals surface area contributed by atoms with Gasteiger partial charge in [-0.25, -0.2) is 0 Å². The van der Waals surface area contributed by atoms with E-state index in [0.29, 0.717) is 0 Å². The van der Waals surface area contributed by atoms with Crippen LogP contribution < -0.4 is 5.32 Å². The summed E-state index contributed by atoms with van der Waals surface area (Å²) in [5, 5.41) is 3.79. The number of likely N-dealkylation sites (tertiary alicyclic amines) is 2. The van der Waals surface area contributed by atoms with Gasteiger partial charge in [-0.05, 0) is 71.8 Å². The highest BCUT2D eigenvalue weighted by atomic mass is 15.2. The highest BCUT2D eigenvalue weighted by Gasteiger charge is 2.21. The zero-order chi connectivity index (χ0) is 12.8. The average molecular weight is 253 g/mol. The van der Waals surface area contributed by atoms with Gasteiger partial charge in [-0.15, -0.1) is 0 Å². The average Bonchev–Trinajstić information content (AvgIpc) is 2.92. The number of hydrogen-bond donors (Lipinski definition) is 1. The number of piperidine rings is 1. The van der Waals surface area contributed by atoms with Crippen molar-refractivity contribution in [2.75, 3.05) is 39.3 Å². The van der Waals surface area contributed by atoms with Gasteiger partial charge in [-0.3, -0.25) is 4.90 Å². The van der Waals surface area contributed by atoms with Crippen LogP contribution >= 0.6 is 0 Å². The van der Waals surface area contributed by atoms with Crippen molar-refractivity contribution in [2.45, 2.75) is 58.0 Å². The summed E-state index contributed by atoms with van der Waals surface area (Å²) in [5.74, 6) is 0. The Morgan fingerprint density at radius 2 is 1.78 bits per heavy atom. The van der Waals surface area contributed by atoms with Gasteiger partial charge in [0.2, 0.25) is 0 Å². The zero-order valence-corrected chi connectivity index (χ0v) is 12.3. The van der Waals surface area contributed by atoms with Crippen molar-refractivity contribution in [3.63, 3.8) is 0 Å². The number of nitrogens with zero attached hydrogens (tertiary/aromatic N) is 2. The molecule has 1 unspecified atom stereocenters. The van der Waals surface area contributed by atoms with E-state index in [1.807, 2.05) is 0 Å². The van der Waals surface area contributed by atoms with Gasteiger partial charge in [0.05, 0.1) is 0 Å². The summed E-state index contributed by atoms with van der Waals surface area (Å²) in [4.78, 5) is 5.25. The first-order valence-electron chi connectivity index (χ1n) is 7.99. The van der Waals surface area contributed by atoms with Gasteiger partial charge in [0.1, 0.15) is 0 Å². The monoisotopic (exact) mass is 253 g/mol. The molecule has 106 valence electrons. The Hall–Kier alpha value is -0.120. The Morgan fingerprint density at radius 1 is 1.11 bits per heavy atom. The fraction of sp³-hybridized carbons (Fsp3) is 1.00. The minimum absolute atomic E-state index is 0.723. The molecule has 2 heterocycles. The van der Waals surface area contributed by atoms with Crippen LogP contribution in [0.25, 0.3) is 0 Å². The van der Waals surface area contributed by atoms with Crippen molar-refractivity contribution >= 4 is 0 Å². The molecule has 3 heteroatoms. The third-order valence-electron chi connectivity index (χ3n) is 4.59. The van der Waals surface area contributed by atoms with Crippen LogP contribution in [0.3, 0.4) is 0 Å².